The number of nitrogens with two attached hydrogens (primary N) is 1. The summed E-state index contributed by atoms with van der Waals surface area (Å²) in [7, 11) is 0. The predicted molar refractivity (Wildman–Crippen MR) is 101 cm³/mol. The van der Waals surface area contributed by atoms with Gasteiger partial charge < -0.3 is 15.1 Å². The summed E-state index contributed by atoms with van der Waals surface area (Å²) in [5, 5.41) is 7.02. The summed E-state index contributed by atoms with van der Waals surface area (Å²) in [6, 6.07) is 15.5. The second-order valence-corrected chi connectivity index (χ2v) is 6.47. The van der Waals surface area contributed by atoms with Crippen LogP contribution in [-0.4, -0.2) is 40.1 Å². The lowest BCUT2D eigenvalue weighted by Gasteiger charge is -2.15. The molecule has 2 aromatic heterocycles. The van der Waals surface area contributed by atoms with Crippen molar-refractivity contribution in [3.8, 4) is 11.5 Å². The highest BCUT2D eigenvalue weighted by atomic mass is 35.5. The maximum absolute atomic E-state index is 12.8. The smallest absolute Gasteiger partial charge is 0.274 e. The molecular weight excluding hydrogens is 352 g/mol. The summed E-state index contributed by atoms with van der Waals surface area (Å²) in [6.07, 6.45) is 0. The van der Waals surface area contributed by atoms with E-state index < -0.39 is 0 Å². The van der Waals surface area contributed by atoms with E-state index in [0.29, 0.717) is 30.2 Å². The van der Waals surface area contributed by atoms with Crippen LogP contribution in [0.1, 0.15) is 27.7 Å². The summed E-state index contributed by atoms with van der Waals surface area (Å²) in [6.45, 7) is 3.01. The van der Waals surface area contributed by atoms with Gasteiger partial charge in [0.1, 0.15) is 11.5 Å². The quantitative estimate of drug-likeness (QED) is 0.739. The highest BCUT2D eigenvalue weighted by Crippen LogP contribution is 2.28. The highest BCUT2D eigenvalue weighted by molar-refractivity contribution is 5.93. The number of rotatable bonds is 3. The first-order valence-electron chi connectivity index (χ1n) is 8.34. The third kappa shape index (κ3) is 3.38. The van der Waals surface area contributed by atoms with E-state index in [1.807, 2.05) is 37.3 Å². The number of amides is 1. The molecule has 1 amide bonds. The zero-order valence-corrected chi connectivity index (χ0v) is 15.2. The minimum absolute atomic E-state index is 0. The second kappa shape index (κ2) is 7.35. The number of furan rings is 1. The number of hydrogen-bond donors (Lipinski definition) is 2. The van der Waals surface area contributed by atoms with Gasteiger partial charge in [-0.15, -0.1) is 12.4 Å². The molecule has 0 saturated carbocycles. The molecule has 0 radical (unpaired) electrons. The number of carbonyl (C=O) groups is 1. The van der Waals surface area contributed by atoms with E-state index in [4.69, 9.17) is 10.2 Å². The minimum atomic E-state index is -0.111. The van der Waals surface area contributed by atoms with Gasteiger partial charge in [-0.25, -0.2) is 0 Å². The number of aryl methyl sites for hydroxylation is 1. The molecule has 1 aromatic carbocycles. The van der Waals surface area contributed by atoms with Crippen molar-refractivity contribution in [1.82, 2.24) is 15.1 Å². The van der Waals surface area contributed by atoms with E-state index >= 15 is 0 Å². The number of benzene rings is 1. The monoisotopic (exact) mass is 372 g/mol. The van der Waals surface area contributed by atoms with Crippen LogP contribution in [0.4, 0.5) is 0 Å². The van der Waals surface area contributed by atoms with E-state index in [-0.39, 0.29) is 30.3 Å². The number of carbonyl (C=O) groups excluding carboxylic acids is 1. The Bertz CT molecular complexity index is 890. The molecule has 0 bridgehead atoms. The average Bonchev–Trinajstić information content (AvgIpc) is 3.34. The molecule has 136 valence electrons. The van der Waals surface area contributed by atoms with Crippen LogP contribution in [0, 0.1) is 6.92 Å². The number of nitrogens with zero attached hydrogens (tertiary/aromatic N) is 2. The van der Waals surface area contributed by atoms with Crippen molar-refractivity contribution in [3.05, 3.63) is 65.5 Å². The maximum Gasteiger partial charge on any atom is 0.274 e. The van der Waals surface area contributed by atoms with Crippen molar-refractivity contribution in [2.75, 3.05) is 13.1 Å². The van der Waals surface area contributed by atoms with Gasteiger partial charge in [0.15, 0.2) is 11.5 Å². The van der Waals surface area contributed by atoms with Gasteiger partial charge in [-0.2, -0.15) is 5.10 Å². The average molecular weight is 373 g/mol. The lowest BCUT2D eigenvalue weighted by molar-refractivity contribution is 0.0783. The van der Waals surface area contributed by atoms with E-state index in [9.17, 15) is 4.79 Å². The number of hydrogen-bond acceptors (Lipinski definition) is 4. The molecule has 4 rings (SSSR count). The van der Waals surface area contributed by atoms with Crippen molar-refractivity contribution < 1.29 is 9.21 Å². The van der Waals surface area contributed by atoms with Crippen LogP contribution in [0.5, 0.6) is 0 Å². The standard InChI is InChI=1S/C19H20N4O2.ClH/c1-12-7-8-18(25-12)16-9-17(22-21-16)19(24)23-10-14(15(20)11-23)13-5-3-2-4-6-13;/h2-9,14-15H,10-11,20H2,1H3,(H,21,22);1H/t14-,15+;/m0./s1. The van der Waals surface area contributed by atoms with Crippen molar-refractivity contribution in [3.63, 3.8) is 0 Å². The van der Waals surface area contributed by atoms with Gasteiger partial charge in [0.2, 0.25) is 0 Å². The summed E-state index contributed by atoms with van der Waals surface area (Å²) in [5.41, 5.74) is 8.52. The molecule has 26 heavy (non-hydrogen) atoms. The maximum atomic E-state index is 12.8. The third-order valence-corrected chi connectivity index (χ3v) is 4.68. The number of H-pyrrole nitrogens is 1. The zero-order valence-electron chi connectivity index (χ0n) is 14.4. The Kier molecular flexibility index (Phi) is 5.15. The van der Waals surface area contributed by atoms with Crippen LogP contribution in [0.25, 0.3) is 11.5 Å². The molecule has 2 atom stereocenters. The van der Waals surface area contributed by atoms with Gasteiger partial charge >= 0.3 is 0 Å². The lowest BCUT2D eigenvalue weighted by Crippen LogP contribution is -2.32. The summed E-state index contributed by atoms with van der Waals surface area (Å²) >= 11 is 0. The number of halogens is 1. The molecule has 3 aromatic rings. The van der Waals surface area contributed by atoms with Gasteiger partial charge in [0.25, 0.3) is 5.91 Å². The molecule has 0 spiro atoms. The first-order chi connectivity index (χ1) is 12.1. The van der Waals surface area contributed by atoms with Crippen LogP contribution < -0.4 is 5.73 Å². The summed E-state index contributed by atoms with van der Waals surface area (Å²) in [4.78, 5) is 14.5. The first-order valence-corrected chi connectivity index (χ1v) is 8.34. The SMILES string of the molecule is Cc1ccc(-c2cc(C(=O)N3C[C@@H](N)[C@H](c4ccccc4)C3)n[nH]2)o1.Cl. The molecular formula is C19H21ClN4O2. The topological polar surface area (TPSA) is 88.1 Å². The largest absolute Gasteiger partial charge is 0.460 e. The van der Waals surface area contributed by atoms with Crippen molar-refractivity contribution in [2.45, 2.75) is 18.9 Å². The van der Waals surface area contributed by atoms with Gasteiger partial charge in [0.05, 0.1) is 0 Å². The Hall–Kier alpha value is -2.57. The molecule has 6 nitrogen and oxygen atoms in total. The fraction of sp³-hybridized carbons (Fsp3) is 0.263. The Morgan fingerprint density at radius 1 is 1.23 bits per heavy atom. The second-order valence-electron chi connectivity index (χ2n) is 6.47. The van der Waals surface area contributed by atoms with E-state index in [2.05, 4.69) is 22.3 Å². The first kappa shape index (κ1) is 18.2. The van der Waals surface area contributed by atoms with Crippen LogP contribution in [0.15, 0.2) is 52.9 Å². The van der Waals surface area contributed by atoms with Gasteiger partial charge in [-0.1, -0.05) is 30.3 Å². The fourth-order valence-corrected chi connectivity index (χ4v) is 3.35. The van der Waals surface area contributed by atoms with Crippen LogP contribution >= 0.6 is 12.4 Å². The Labute approximate surface area is 157 Å². The molecule has 7 heteroatoms. The molecule has 1 saturated heterocycles. The van der Waals surface area contributed by atoms with Gasteiger partial charge in [0, 0.05) is 31.1 Å². The fourth-order valence-electron chi connectivity index (χ4n) is 3.35. The predicted octanol–water partition coefficient (Wildman–Crippen LogP) is 2.97. The minimum Gasteiger partial charge on any atom is -0.460 e. The van der Waals surface area contributed by atoms with Gasteiger partial charge in [-0.05, 0) is 24.6 Å². The third-order valence-electron chi connectivity index (χ3n) is 4.68. The van der Waals surface area contributed by atoms with Crippen molar-refractivity contribution in [2.24, 2.45) is 5.73 Å². The van der Waals surface area contributed by atoms with Crippen LogP contribution in [0.2, 0.25) is 0 Å². The van der Waals surface area contributed by atoms with Crippen molar-refractivity contribution in [1.29, 1.82) is 0 Å². The van der Waals surface area contributed by atoms with E-state index in [0.717, 1.165) is 5.76 Å². The molecule has 3 N–H and O–H groups in total. The summed E-state index contributed by atoms with van der Waals surface area (Å²) in [5.74, 6) is 1.52. The number of likely N-dealkylation sites (tertiary alicyclic amines) is 1. The molecule has 1 fully saturated rings. The number of aromatic nitrogens is 2. The van der Waals surface area contributed by atoms with Crippen molar-refractivity contribution >= 4 is 18.3 Å². The Morgan fingerprint density at radius 3 is 2.69 bits per heavy atom. The Balaban J connectivity index is 0.00000196. The molecule has 3 heterocycles. The molecule has 0 unspecified atom stereocenters. The molecule has 0 aliphatic carbocycles. The lowest BCUT2D eigenvalue weighted by atomic mass is 9.95. The molecule has 1 aliphatic rings. The van der Waals surface area contributed by atoms with E-state index in [1.54, 1.807) is 11.0 Å². The normalized spacial score (nSPS) is 19.4. The van der Waals surface area contributed by atoms with Gasteiger partial charge in [-0.3, -0.25) is 9.89 Å². The summed E-state index contributed by atoms with van der Waals surface area (Å²) < 4.78 is 5.56. The van der Waals surface area contributed by atoms with Crippen LogP contribution in [0.3, 0.4) is 0 Å². The zero-order chi connectivity index (χ0) is 17.4. The number of nitrogens with one attached hydrogen (secondary N) is 1. The number of aromatic amines is 1. The molecule has 1 aliphatic heterocycles. The Morgan fingerprint density at radius 2 is 2.00 bits per heavy atom. The highest BCUT2D eigenvalue weighted by Gasteiger charge is 2.35. The van der Waals surface area contributed by atoms with Crippen LogP contribution in [-0.2, 0) is 0 Å². The van der Waals surface area contributed by atoms with E-state index in [1.165, 1.54) is 5.56 Å².